The Hall–Kier alpha value is -0.640. The fourth-order valence-electron chi connectivity index (χ4n) is 2.30. The number of aliphatic hydroxyl groups excluding tert-OH is 3. The van der Waals surface area contributed by atoms with Crippen molar-refractivity contribution in [2.24, 2.45) is 5.18 Å². The SMILES string of the molecule is O=NC[C@H]1C[C@@H](O)C[C@@H](O[C@H]2COC[C@@H](O)[C@@H]2O)O1. The van der Waals surface area contributed by atoms with Gasteiger partial charge >= 0.3 is 0 Å². The highest BCUT2D eigenvalue weighted by Gasteiger charge is 2.37. The van der Waals surface area contributed by atoms with Gasteiger partial charge in [0.25, 0.3) is 0 Å². The molecule has 2 saturated heterocycles. The fraction of sp³-hybridized carbons (Fsp3) is 1.00. The molecule has 0 unspecified atom stereocenters. The highest BCUT2D eigenvalue weighted by atomic mass is 16.7. The molecule has 0 aromatic rings. The second kappa shape index (κ2) is 6.69. The molecule has 0 saturated carbocycles. The molecule has 8 heteroatoms. The first-order valence-electron chi connectivity index (χ1n) is 6.32. The van der Waals surface area contributed by atoms with E-state index >= 15 is 0 Å². The van der Waals surface area contributed by atoms with Gasteiger partial charge in [0.05, 0.1) is 25.4 Å². The van der Waals surface area contributed by atoms with Crippen molar-refractivity contribution in [2.75, 3.05) is 19.8 Å². The van der Waals surface area contributed by atoms with Gasteiger partial charge in [-0.3, -0.25) is 0 Å². The minimum absolute atomic E-state index is 0.0523. The van der Waals surface area contributed by atoms with Crippen molar-refractivity contribution in [3.05, 3.63) is 4.91 Å². The smallest absolute Gasteiger partial charge is 0.161 e. The van der Waals surface area contributed by atoms with Crippen LogP contribution in [0.25, 0.3) is 0 Å². The maximum absolute atomic E-state index is 10.2. The van der Waals surface area contributed by atoms with Crippen molar-refractivity contribution in [1.29, 1.82) is 0 Å². The van der Waals surface area contributed by atoms with Crippen molar-refractivity contribution in [3.63, 3.8) is 0 Å². The molecule has 19 heavy (non-hydrogen) atoms. The third kappa shape index (κ3) is 3.91. The highest BCUT2D eigenvalue weighted by molar-refractivity contribution is 4.82. The first kappa shape index (κ1) is 14.8. The Bertz CT molecular complexity index is 303. The van der Waals surface area contributed by atoms with Gasteiger partial charge in [-0.1, -0.05) is 5.18 Å². The summed E-state index contributed by atoms with van der Waals surface area (Å²) in [5, 5.41) is 31.6. The van der Waals surface area contributed by atoms with E-state index in [0.717, 1.165) is 0 Å². The summed E-state index contributed by atoms with van der Waals surface area (Å²) in [6, 6.07) is 0. The molecule has 0 spiro atoms. The third-order valence-electron chi connectivity index (χ3n) is 3.29. The first-order valence-corrected chi connectivity index (χ1v) is 6.32. The van der Waals surface area contributed by atoms with Crippen LogP contribution < -0.4 is 0 Å². The van der Waals surface area contributed by atoms with Crippen LogP contribution in [0.5, 0.6) is 0 Å². The molecule has 6 atom stereocenters. The molecule has 0 amide bonds. The summed E-state index contributed by atoms with van der Waals surface area (Å²) in [7, 11) is 0. The Labute approximate surface area is 110 Å². The summed E-state index contributed by atoms with van der Waals surface area (Å²) >= 11 is 0. The first-order chi connectivity index (χ1) is 9.10. The van der Waals surface area contributed by atoms with E-state index in [1.54, 1.807) is 0 Å². The number of rotatable bonds is 4. The van der Waals surface area contributed by atoms with Gasteiger partial charge < -0.3 is 29.5 Å². The molecule has 3 N–H and O–H groups in total. The summed E-state index contributed by atoms with van der Waals surface area (Å²) in [6.07, 6.45) is -4.08. The predicted molar refractivity (Wildman–Crippen MR) is 62.3 cm³/mol. The van der Waals surface area contributed by atoms with Crippen molar-refractivity contribution in [2.45, 2.75) is 49.7 Å². The maximum Gasteiger partial charge on any atom is 0.161 e. The van der Waals surface area contributed by atoms with E-state index in [0.29, 0.717) is 6.42 Å². The van der Waals surface area contributed by atoms with Crippen molar-refractivity contribution in [3.8, 4) is 0 Å². The number of nitrogens with zero attached hydrogens (tertiary/aromatic N) is 1. The van der Waals surface area contributed by atoms with E-state index < -0.39 is 36.8 Å². The normalized spacial score (nSPS) is 43.9. The topological polar surface area (TPSA) is 118 Å². The van der Waals surface area contributed by atoms with E-state index in [1.165, 1.54) is 0 Å². The summed E-state index contributed by atoms with van der Waals surface area (Å²) in [4.78, 5) is 10.2. The zero-order valence-electron chi connectivity index (χ0n) is 10.4. The molecule has 2 heterocycles. The predicted octanol–water partition coefficient (Wildman–Crippen LogP) is -1.24. The van der Waals surface area contributed by atoms with Crippen LogP contribution in [0.4, 0.5) is 0 Å². The van der Waals surface area contributed by atoms with E-state index in [2.05, 4.69) is 5.18 Å². The molecule has 0 aromatic heterocycles. The third-order valence-corrected chi connectivity index (χ3v) is 3.29. The Morgan fingerprint density at radius 2 is 2.00 bits per heavy atom. The van der Waals surface area contributed by atoms with Gasteiger partial charge in [-0.15, -0.1) is 0 Å². The second-order valence-corrected chi connectivity index (χ2v) is 4.89. The van der Waals surface area contributed by atoms with Crippen LogP contribution >= 0.6 is 0 Å². The van der Waals surface area contributed by atoms with Crippen molar-refractivity contribution in [1.82, 2.24) is 0 Å². The van der Waals surface area contributed by atoms with Crippen LogP contribution in [0.2, 0.25) is 0 Å². The number of hydrogen-bond donors (Lipinski definition) is 3. The molecule has 0 radical (unpaired) electrons. The zero-order valence-corrected chi connectivity index (χ0v) is 10.4. The number of aliphatic hydroxyl groups is 3. The molecule has 0 aromatic carbocycles. The average molecular weight is 277 g/mol. The summed E-state index contributed by atoms with van der Waals surface area (Å²) in [5.74, 6) is 0. The van der Waals surface area contributed by atoms with Crippen LogP contribution in [-0.2, 0) is 14.2 Å². The van der Waals surface area contributed by atoms with Crippen LogP contribution in [0.15, 0.2) is 5.18 Å². The van der Waals surface area contributed by atoms with Gasteiger partial charge in [0.1, 0.15) is 24.9 Å². The standard InChI is InChI=1S/C11H19NO7/c13-6-1-7(3-12-16)18-10(2-6)19-9-5-17-4-8(14)11(9)15/h6-11,13-15H,1-5H2/t6-,7-,8-,9+,10-,11+/m1/s1. The number of nitroso groups, excluding NO2 is 1. The molecule has 0 aliphatic carbocycles. The monoisotopic (exact) mass is 277 g/mol. The quantitative estimate of drug-likeness (QED) is 0.550. The van der Waals surface area contributed by atoms with E-state index in [1.807, 2.05) is 0 Å². The van der Waals surface area contributed by atoms with E-state index in [9.17, 15) is 20.2 Å². The van der Waals surface area contributed by atoms with Gasteiger partial charge in [-0.2, -0.15) is 4.91 Å². The minimum Gasteiger partial charge on any atom is -0.393 e. The number of ether oxygens (including phenoxy) is 3. The fourth-order valence-corrected chi connectivity index (χ4v) is 2.30. The minimum atomic E-state index is -1.06. The molecular weight excluding hydrogens is 258 g/mol. The van der Waals surface area contributed by atoms with Crippen molar-refractivity contribution >= 4 is 0 Å². The maximum atomic E-state index is 10.2. The molecular formula is C11H19NO7. The molecule has 0 bridgehead atoms. The lowest BCUT2D eigenvalue weighted by molar-refractivity contribution is -0.269. The van der Waals surface area contributed by atoms with Gasteiger partial charge in [0.15, 0.2) is 6.29 Å². The number of hydrogen-bond acceptors (Lipinski definition) is 8. The zero-order chi connectivity index (χ0) is 13.8. The average Bonchev–Trinajstić information content (AvgIpc) is 2.35. The van der Waals surface area contributed by atoms with Gasteiger partial charge in [0, 0.05) is 12.8 Å². The Kier molecular flexibility index (Phi) is 5.20. The lowest BCUT2D eigenvalue weighted by Gasteiger charge is -2.37. The second-order valence-electron chi connectivity index (χ2n) is 4.89. The van der Waals surface area contributed by atoms with E-state index in [-0.39, 0.29) is 26.2 Å². The Morgan fingerprint density at radius 3 is 2.74 bits per heavy atom. The van der Waals surface area contributed by atoms with Crippen LogP contribution in [0, 0.1) is 4.91 Å². The summed E-state index contributed by atoms with van der Waals surface area (Å²) in [6.45, 7) is 0.154. The van der Waals surface area contributed by atoms with Crippen LogP contribution in [0.1, 0.15) is 12.8 Å². The Balaban J connectivity index is 1.88. The van der Waals surface area contributed by atoms with Crippen LogP contribution in [0.3, 0.4) is 0 Å². The van der Waals surface area contributed by atoms with Crippen molar-refractivity contribution < 1.29 is 29.5 Å². The van der Waals surface area contributed by atoms with Gasteiger partial charge in [0.2, 0.25) is 0 Å². The molecule has 2 fully saturated rings. The summed E-state index contributed by atoms with van der Waals surface area (Å²) in [5.41, 5.74) is 0. The molecule has 2 aliphatic heterocycles. The van der Waals surface area contributed by atoms with Gasteiger partial charge in [-0.25, -0.2) is 0 Å². The largest absolute Gasteiger partial charge is 0.393 e. The van der Waals surface area contributed by atoms with Crippen LogP contribution in [-0.4, -0.2) is 71.9 Å². The lowest BCUT2D eigenvalue weighted by atomic mass is 10.0. The lowest BCUT2D eigenvalue weighted by Crippen LogP contribution is -2.51. The molecule has 8 nitrogen and oxygen atoms in total. The highest BCUT2D eigenvalue weighted by Crippen LogP contribution is 2.24. The molecule has 110 valence electrons. The van der Waals surface area contributed by atoms with E-state index in [4.69, 9.17) is 14.2 Å². The van der Waals surface area contributed by atoms with Gasteiger partial charge in [-0.05, 0) is 0 Å². The Morgan fingerprint density at radius 1 is 1.21 bits per heavy atom. The molecule has 2 aliphatic rings. The molecule has 2 rings (SSSR count). The summed E-state index contributed by atoms with van der Waals surface area (Å²) < 4.78 is 16.0.